The first-order valence-corrected chi connectivity index (χ1v) is 11.5. The Kier molecular flexibility index (Phi) is 8.17. The largest absolute Gasteiger partial charge is 0.455 e. The van der Waals surface area contributed by atoms with E-state index in [2.05, 4.69) is 35.3 Å². The molecule has 3 heterocycles. The van der Waals surface area contributed by atoms with Gasteiger partial charge in [0.1, 0.15) is 22.3 Å². The van der Waals surface area contributed by atoms with Gasteiger partial charge < -0.3 is 24.0 Å². The Morgan fingerprint density at radius 3 is 1.78 bits per heavy atom. The second-order valence-electron chi connectivity index (χ2n) is 7.91. The van der Waals surface area contributed by atoms with Gasteiger partial charge in [-0.1, -0.05) is 42.5 Å². The van der Waals surface area contributed by atoms with E-state index in [4.69, 9.17) is 19.0 Å². The molecular formula is C31H24IrNO4-. The molecule has 4 aromatic carbocycles. The van der Waals surface area contributed by atoms with Crippen LogP contribution in [0.3, 0.4) is 0 Å². The number of benzene rings is 4. The van der Waals surface area contributed by atoms with Crippen LogP contribution in [0.4, 0.5) is 0 Å². The number of aliphatic hydroxyl groups excluding tert-OH is 2. The van der Waals surface area contributed by atoms with Gasteiger partial charge in [-0.25, -0.2) is 0 Å². The number of hydrogen-bond donors (Lipinski definition) is 2. The summed E-state index contributed by atoms with van der Waals surface area (Å²) < 4.78 is 12.8. The Labute approximate surface area is 227 Å². The maximum Gasteiger partial charge on any atom is 0.147 e. The maximum absolute atomic E-state index is 7.00. The fourth-order valence-electron chi connectivity index (χ4n) is 4.58. The molecular weight excluding hydrogens is 643 g/mol. The van der Waals surface area contributed by atoms with E-state index in [0.29, 0.717) is 0 Å². The van der Waals surface area contributed by atoms with E-state index in [1.54, 1.807) is 0 Å². The summed E-state index contributed by atoms with van der Waals surface area (Å²) in [6, 6.07) is 33.8. The van der Waals surface area contributed by atoms with Crippen LogP contribution in [0.5, 0.6) is 0 Å². The maximum atomic E-state index is 7.00. The fraction of sp³-hybridized carbons (Fsp3) is 0.0645. The number of hydrogen-bond acceptors (Lipinski definition) is 5. The molecule has 1 radical (unpaired) electrons. The first-order valence-electron chi connectivity index (χ1n) is 11.5. The Bertz CT molecular complexity index is 1700. The fourth-order valence-corrected chi connectivity index (χ4v) is 4.58. The van der Waals surface area contributed by atoms with Gasteiger partial charge in [-0.2, -0.15) is 0 Å². The number of aromatic nitrogens is 1. The van der Waals surface area contributed by atoms with Crippen LogP contribution in [0.2, 0.25) is 0 Å². The minimum Gasteiger partial charge on any atom is -0.455 e. The third-order valence-electron chi connectivity index (χ3n) is 6.04. The number of furan rings is 2. The van der Waals surface area contributed by atoms with Gasteiger partial charge in [-0.3, -0.25) is 0 Å². The van der Waals surface area contributed by atoms with Crippen molar-refractivity contribution in [2.24, 2.45) is 0 Å². The topological polar surface area (TPSA) is 79.6 Å². The number of para-hydroxylation sites is 2. The van der Waals surface area contributed by atoms with Crippen LogP contribution in [0, 0.1) is 6.07 Å². The van der Waals surface area contributed by atoms with Crippen molar-refractivity contribution in [1.29, 1.82) is 0 Å². The average Bonchev–Trinajstić information content (AvgIpc) is 3.52. The van der Waals surface area contributed by atoms with Crippen molar-refractivity contribution in [3.05, 3.63) is 103 Å². The van der Waals surface area contributed by atoms with Crippen LogP contribution in [0.15, 0.2) is 106 Å². The smallest absolute Gasteiger partial charge is 0.147 e. The van der Waals surface area contributed by atoms with E-state index in [1.807, 2.05) is 72.9 Å². The molecule has 0 amide bonds. The van der Waals surface area contributed by atoms with E-state index < -0.39 is 0 Å². The molecule has 0 spiro atoms. The van der Waals surface area contributed by atoms with Gasteiger partial charge >= 0.3 is 0 Å². The number of aliphatic hydroxyl groups is 2. The van der Waals surface area contributed by atoms with Crippen molar-refractivity contribution in [3.63, 3.8) is 0 Å². The van der Waals surface area contributed by atoms with E-state index in [1.165, 1.54) is 0 Å². The summed E-state index contributed by atoms with van der Waals surface area (Å²) in [5, 5.41) is 18.4. The molecule has 7 rings (SSSR count). The minimum atomic E-state index is 0. The van der Waals surface area contributed by atoms with Crippen LogP contribution in [0.25, 0.3) is 66.3 Å². The normalized spacial score (nSPS) is 10.5. The first-order chi connectivity index (χ1) is 17.9. The van der Waals surface area contributed by atoms with Gasteiger partial charge in [0.25, 0.3) is 0 Å². The Balaban J connectivity index is 0.000000613. The molecule has 7 aromatic rings. The van der Waals surface area contributed by atoms with Gasteiger partial charge in [0.05, 0.1) is 5.56 Å². The van der Waals surface area contributed by atoms with Crippen molar-refractivity contribution in [2.75, 3.05) is 14.2 Å². The molecule has 0 saturated heterocycles. The van der Waals surface area contributed by atoms with Crippen LogP contribution in [-0.4, -0.2) is 29.4 Å². The molecule has 0 atom stereocenters. The van der Waals surface area contributed by atoms with Crippen molar-refractivity contribution in [2.45, 2.75) is 0 Å². The summed E-state index contributed by atoms with van der Waals surface area (Å²) in [5.74, 6) is 0. The number of nitrogens with zero attached hydrogens (tertiary/aromatic N) is 1. The third-order valence-corrected chi connectivity index (χ3v) is 6.04. The van der Waals surface area contributed by atoms with Crippen LogP contribution < -0.4 is 0 Å². The Morgan fingerprint density at radius 2 is 1.22 bits per heavy atom. The van der Waals surface area contributed by atoms with Gasteiger partial charge in [0, 0.05) is 62.1 Å². The standard InChI is InChI=1S/C29H16NO2.2CH4O.Ir/c1-2-8-18(9-3-1)24-16-19(14-15-30-24)27-28-22(20-10-4-6-12-25(20)31-28)17-23-21-11-5-7-13-26(21)32-29(23)27;2*1-2;/h1-8,10-17H;2*2H,1H3;/q-1;;;. The third kappa shape index (κ3) is 4.57. The molecule has 0 aliphatic rings. The summed E-state index contributed by atoms with van der Waals surface area (Å²) in [6.07, 6.45) is 1.83. The Hall–Kier alpha value is -3.80. The van der Waals surface area contributed by atoms with Gasteiger partial charge in [-0.15, -0.1) is 35.9 Å². The molecule has 187 valence electrons. The number of pyridine rings is 1. The second kappa shape index (κ2) is 11.5. The van der Waals surface area contributed by atoms with Crippen molar-refractivity contribution in [3.8, 4) is 22.4 Å². The molecule has 0 aliphatic heterocycles. The molecule has 0 unspecified atom stereocenters. The zero-order chi connectivity index (χ0) is 25.1. The molecule has 0 bridgehead atoms. The summed E-state index contributed by atoms with van der Waals surface area (Å²) in [6.45, 7) is 0. The summed E-state index contributed by atoms with van der Waals surface area (Å²) in [7, 11) is 2.00. The number of rotatable bonds is 2. The van der Waals surface area contributed by atoms with Crippen molar-refractivity contribution >= 4 is 43.9 Å². The molecule has 0 aliphatic carbocycles. The van der Waals surface area contributed by atoms with Crippen LogP contribution in [0.1, 0.15) is 0 Å². The van der Waals surface area contributed by atoms with E-state index in [-0.39, 0.29) is 20.1 Å². The molecule has 3 aromatic heterocycles. The quantitative estimate of drug-likeness (QED) is 0.191. The summed E-state index contributed by atoms with van der Waals surface area (Å²) >= 11 is 0. The predicted octanol–water partition coefficient (Wildman–Crippen LogP) is 7.23. The molecule has 2 N–H and O–H groups in total. The predicted molar refractivity (Wildman–Crippen MR) is 145 cm³/mol. The molecule has 5 nitrogen and oxygen atoms in total. The van der Waals surface area contributed by atoms with Gasteiger partial charge in [0.2, 0.25) is 0 Å². The van der Waals surface area contributed by atoms with Gasteiger partial charge in [0.15, 0.2) is 0 Å². The first kappa shape index (κ1) is 26.3. The van der Waals surface area contributed by atoms with E-state index >= 15 is 0 Å². The average molecular weight is 667 g/mol. The molecule has 0 saturated carbocycles. The second-order valence-corrected chi connectivity index (χ2v) is 7.91. The van der Waals surface area contributed by atoms with Crippen LogP contribution >= 0.6 is 0 Å². The monoisotopic (exact) mass is 667 g/mol. The number of fused-ring (bicyclic) bond motifs is 6. The summed E-state index contributed by atoms with van der Waals surface area (Å²) in [5.41, 5.74) is 7.15. The van der Waals surface area contributed by atoms with Crippen molar-refractivity contribution in [1.82, 2.24) is 4.98 Å². The van der Waals surface area contributed by atoms with E-state index in [0.717, 1.165) is 80.5 Å². The Morgan fingerprint density at radius 1 is 0.649 bits per heavy atom. The molecule has 6 heteroatoms. The minimum absolute atomic E-state index is 0. The zero-order valence-corrected chi connectivity index (χ0v) is 22.6. The summed E-state index contributed by atoms with van der Waals surface area (Å²) in [4.78, 5) is 4.59. The zero-order valence-electron chi connectivity index (χ0n) is 20.2. The van der Waals surface area contributed by atoms with Crippen LogP contribution in [-0.2, 0) is 20.1 Å². The molecule has 37 heavy (non-hydrogen) atoms. The SMILES string of the molecule is CO.CO.[Ir].[c-]1ccccc1-c1cc(-c2c3oc4ccccc4c3cc3c2oc2ccccc23)ccn1. The van der Waals surface area contributed by atoms with E-state index in [9.17, 15) is 0 Å². The molecule has 0 fully saturated rings. The van der Waals surface area contributed by atoms with Crippen molar-refractivity contribution < 1.29 is 39.2 Å². The van der Waals surface area contributed by atoms with Gasteiger partial charge in [-0.05, 0) is 35.5 Å².